The van der Waals surface area contributed by atoms with Gasteiger partial charge in [-0.25, -0.2) is 0 Å². The Balaban J connectivity index is 1.49. The third-order valence-corrected chi connectivity index (χ3v) is 5.64. The summed E-state index contributed by atoms with van der Waals surface area (Å²) in [4.78, 5) is 5.46. The van der Waals surface area contributed by atoms with Crippen LogP contribution < -0.4 is 0 Å². The first kappa shape index (κ1) is 14.8. The Bertz CT molecular complexity index is 301. The third-order valence-electron chi connectivity index (χ3n) is 5.64. The summed E-state index contributed by atoms with van der Waals surface area (Å²) in [5.74, 6) is 0.753. The van der Waals surface area contributed by atoms with E-state index >= 15 is 0 Å². The van der Waals surface area contributed by atoms with E-state index in [0.29, 0.717) is 6.10 Å². The highest BCUT2D eigenvalue weighted by molar-refractivity contribution is 4.93. The van der Waals surface area contributed by atoms with Crippen molar-refractivity contribution in [2.24, 2.45) is 5.92 Å². The van der Waals surface area contributed by atoms with Crippen LogP contribution in [0.15, 0.2) is 0 Å². The first-order valence-corrected chi connectivity index (χ1v) is 8.83. The Morgan fingerprint density at radius 3 is 2.60 bits per heavy atom. The number of nitrogens with zero attached hydrogens (tertiary/aromatic N) is 2. The van der Waals surface area contributed by atoms with Crippen molar-refractivity contribution >= 4 is 0 Å². The van der Waals surface area contributed by atoms with Gasteiger partial charge < -0.3 is 4.74 Å². The molecule has 1 aliphatic carbocycles. The number of hydrogen-bond acceptors (Lipinski definition) is 3. The monoisotopic (exact) mass is 280 g/mol. The normalized spacial score (nSPS) is 33.1. The van der Waals surface area contributed by atoms with E-state index in [1.54, 1.807) is 0 Å². The van der Waals surface area contributed by atoms with Crippen LogP contribution in [0.1, 0.15) is 52.4 Å². The summed E-state index contributed by atoms with van der Waals surface area (Å²) >= 11 is 0. The zero-order chi connectivity index (χ0) is 13.9. The maximum atomic E-state index is 6.09. The van der Waals surface area contributed by atoms with Gasteiger partial charge in [-0.05, 0) is 38.1 Å². The van der Waals surface area contributed by atoms with Crippen LogP contribution in [0.5, 0.6) is 0 Å². The van der Waals surface area contributed by atoms with Crippen molar-refractivity contribution in [3.05, 3.63) is 0 Å². The first-order chi connectivity index (χ1) is 9.74. The Morgan fingerprint density at radius 2 is 1.85 bits per heavy atom. The molecule has 0 aromatic carbocycles. The minimum absolute atomic E-state index is 0.570. The maximum absolute atomic E-state index is 6.09. The highest BCUT2D eigenvalue weighted by Crippen LogP contribution is 2.27. The molecule has 3 nitrogen and oxygen atoms in total. The molecule has 20 heavy (non-hydrogen) atoms. The molecule has 1 saturated carbocycles. The second kappa shape index (κ2) is 6.76. The molecule has 2 atom stereocenters. The molecule has 3 fully saturated rings. The van der Waals surface area contributed by atoms with Gasteiger partial charge in [-0.15, -0.1) is 0 Å². The standard InChI is InChI=1S/C17H32N2O/c1-14(2)17-13-18-9-5-6-15(18)12-19(17)10-11-20-16-7-3-4-8-16/h14-17H,3-13H2,1-2H3. The highest BCUT2D eigenvalue weighted by Gasteiger charge is 2.37. The topological polar surface area (TPSA) is 15.7 Å². The lowest BCUT2D eigenvalue weighted by Gasteiger charge is -2.45. The molecule has 2 saturated heterocycles. The van der Waals surface area contributed by atoms with Crippen LogP contribution in [-0.2, 0) is 4.74 Å². The third kappa shape index (κ3) is 3.37. The summed E-state index contributed by atoms with van der Waals surface area (Å²) in [7, 11) is 0. The van der Waals surface area contributed by atoms with Gasteiger partial charge in [0.25, 0.3) is 0 Å². The summed E-state index contributed by atoms with van der Waals surface area (Å²) < 4.78 is 6.09. The van der Waals surface area contributed by atoms with Crippen LogP contribution in [0.3, 0.4) is 0 Å². The van der Waals surface area contributed by atoms with E-state index < -0.39 is 0 Å². The maximum Gasteiger partial charge on any atom is 0.0597 e. The molecule has 3 heteroatoms. The van der Waals surface area contributed by atoms with E-state index in [-0.39, 0.29) is 0 Å². The lowest BCUT2D eigenvalue weighted by atomic mass is 9.97. The Hall–Kier alpha value is -0.120. The van der Waals surface area contributed by atoms with Gasteiger partial charge >= 0.3 is 0 Å². The van der Waals surface area contributed by atoms with Gasteiger partial charge in [0.2, 0.25) is 0 Å². The molecule has 0 aromatic rings. The molecular formula is C17H32N2O. The van der Waals surface area contributed by atoms with E-state index in [2.05, 4.69) is 23.6 Å². The Morgan fingerprint density at radius 1 is 1.05 bits per heavy atom. The highest BCUT2D eigenvalue weighted by atomic mass is 16.5. The van der Waals surface area contributed by atoms with Crippen LogP contribution >= 0.6 is 0 Å². The number of hydrogen-bond donors (Lipinski definition) is 0. The molecule has 0 N–H and O–H groups in total. The van der Waals surface area contributed by atoms with E-state index in [1.165, 1.54) is 58.2 Å². The number of rotatable bonds is 5. The molecule has 3 rings (SSSR count). The minimum Gasteiger partial charge on any atom is -0.377 e. The van der Waals surface area contributed by atoms with Gasteiger partial charge in [0.1, 0.15) is 0 Å². The Labute approximate surface area is 124 Å². The van der Waals surface area contributed by atoms with Crippen molar-refractivity contribution in [1.29, 1.82) is 0 Å². The first-order valence-electron chi connectivity index (χ1n) is 8.83. The van der Waals surface area contributed by atoms with Gasteiger partial charge in [0, 0.05) is 31.7 Å². The zero-order valence-corrected chi connectivity index (χ0v) is 13.4. The van der Waals surface area contributed by atoms with Gasteiger partial charge in [-0.1, -0.05) is 26.7 Å². The van der Waals surface area contributed by atoms with Crippen molar-refractivity contribution < 1.29 is 4.74 Å². The number of fused-ring (bicyclic) bond motifs is 1. The smallest absolute Gasteiger partial charge is 0.0597 e. The van der Waals surface area contributed by atoms with Crippen LogP contribution in [0.2, 0.25) is 0 Å². The summed E-state index contributed by atoms with van der Waals surface area (Å²) in [5.41, 5.74) is 0. The van der Waals surface area contributed by atoms with E-state index in [9.17, 15) is 0 Å². The molecule has 0 amide bonds. The van der Waals surface area contributed by atoms with Crippen molar-refractivity contribution in [2.75, 3.05) is 32.8 Å². The molecular weight excluding hydrogens is 248 g/mol. The quantitative estimate of drug-likeness (QED) is 0.770. The second-order valence-electron chi connectivity index (χ2n) is 7.37. The van der Waals surface area contributed by atoms with Gasteiger partial charge in [0.05, 0.1) is 12.7 Å². The molecule has 0 spiro atoms. The van der Waals surface area contributed by atoms with Crippen LogP contribution in [0, 0.1) is 5.92 Å². The fraction of sp³-hybridized carbons (Fsp3) is 1.00. The molecule has 2 aliphatic heterocycles. The van der Waals surface area contributed by atoms with E-state index in [1.807, 2.05) is 0 Å². The number of piperazine rings is 1. The minimum atomic E-state index is 0.570. The summed E-state index contributed by atoms with van der Waals surface area (Å²) in [6.45, 7) is 10.7. The molecule has 2 unspecified atom stereocenters. The average molecular weight is 280 g/mol. The molecule has 0 radical (unpaired) electrons. The predicted molar refractivity (Wildman–Crippen MR) is 83.0 cm³/mol. The molecule has 3 aliphatic rings. The molecule has 0 bridgehead atoms. The van der Waals surface area contributed by atoms with Gasteiger partial charge in [-0.2, -0.15) is 0 Å². The van der Waals surface area contributed by atoms with Gasteiger partial charge in [0.15, 0.2) is 0 Å². The summed E-state index contributed by atoms with van der Waals surface area (Å²) in [5, 5.41) is 0. The van der Waals surface area contributed by atoms with Crippen molar-refractivity contribution in [3.8, 4) is 0 Å². The van der Waals surface area contributed by atoms with Crippen LogP contribution in [0.25, 0.3) is 0 Å². The average Bonchev–Trinajstić information content (AvgIpc) is 3.07. The lowest BCUT2D eigenvalue weighted by molar-refractivity contribution is -0.00912. The fourth-order valence-corrected chi connectivity index (χ4v) is 4.39. The van der Waals surface area contributed by atoms with Crippen LogP contribution in [-0.4, -0.2) is 60.8 Å². The summed E-state index contributed by atoms with van der Waals surface area (Å²) in [6, 6.07) is 1.56. The molecule has 116 valence electrons. The zero-order valence-electron chi connectivity index (χ0n) is 13.4. The predicted octanol–water partition coefficient (Wildman–Crippen LogP) is 2.75. The van der Waals surface area contributed by atoms with E-state index in [0.717, 1.165) is 31.2 Å². The largest absolute Gasteiger partial charge is 0.377 e. The Kier molecular flexibility index (Phi) is 5.00. The van der Waals surface area contributed by atoms with Crippen molar-refractivity contribution in [2.45, 2.75) is 70.6 Å². The number of ether oxygens (including phenoxy) is 1. The molecule has 0 aromatic heterocycles. The van der Waals surface area contributed by atoms with E-state index in [4.69, 9.17) is 4.74 Å². The SMILES string of the molecule is CC(C)C1CN2CCCC2CN1CCOC1CCCC1. The second-order valence-corrected chi connectivity index (χ2v) is 7.37. The van der Waals surface area contributed by atoms with Gasteiger partial charge in [-0.3, -0.25) is 9.80 Å². The lowest BCUT2D eigenvalue weighted by Crippen LogP contribution is -2.58. The van der Waals surface area contributed by atoms with Crippen molar-refractivity contribution in [3.63, 3.8) is 0 Å². The van der Waals surface area contributed by atoms with Crippen molar-refractivity contribution in [1.82, 2.24) is 9.80 Å². The van der Waals surface area contributed by atoms with Crippen LogP contribution in [0.4, 0.5) is 0 Å². The summed E-state index contributed by atoms with van der Waals surface area (Å²) in [6.07, 6.45) is 8.72. The fourth-order valence-electron chi connectivity index (χ4n) is 4.39. The molecule has 2 heterocycles.